The second-order valence-electron chi connectivity index (χ2n) is 2.30. The zero-order valence-electron chi connectivity index (χ0n) is 5.75. The summed E-state index contributed by atoms with van der Waals surface area (Å²) in [5.41, 5.74) is 13.5. The van der Waals surface area contributed by atoms with Crippen molar-refractivity contribution >= 4 is 0 Å². The number of hydrogen-bond donors (Lipinski definition) is 1. The highest BCUT2D eigenvalue weighted by atomic mass is 14.8. The number of benzene rings is 1. The molecule has 2 heteroatoms. The molecule has 2 nitrogen and oxygen atoms in total. The standard InChI is InChI=1S/C8H11N2/c9-8(10)6-7-4-2-1-3-5-7/h1-5,8-9H,6,10H2. The van der Waals surface area contributed by atoms with Crippen LogP contribution in [-0.2, 0) is 6.42 Å². The van der Waals surface area contributed by atoms with Gasteiger partial charge in [-0.1, -0.05) is 30.3 Å². The molecule has 0 fully saturated rings. The summed E-state index contributed by atoms with van der Waals surface area (Å²) in [6.45, 7) is 0. The van der Waals surface area contributed by atoms with Gasteiger partial charge in [0, 0.05) is 6.42 Å². The largest absolute Gasteiger partial charge is 0.315 e. The summed E-state index contributed by atoms with van der Waals surface area (Å²) < 4.78 is 0. The second kappa shape index (κ2) is 3.34. The third-order valence-electron chi connectivity index (χ3n) is 1.30. The second-order valence-corrected chi connectivity index (χ2v) is 2.30. The van der Waals surface area contributed by atoms with Gasteiger partial charge in [0.15, 0.2) is 0 Å². The van der Waals surface area contributed by atoms with Gasteiger partial charge in [-0.3, -0.25) is 0 Å². The molecule has 0 aliphatic heterocycles. The minimum atomic E-state index is -0.484. The van der Waals surface area contributed by atoms with Crippen molar-refractivity contribution in [1.82, 2.24) is 5.73 Å². The highest BCUT2D eigenvalue weighted by molar-refractivity contribution is 5.15. The molecule has 53 valence electrons. The molecule has 0 heterocycles. The average Bonchev–Trinajstić information content (AvgIpc) is 1.88. The quantitative estimate of drug-likeness (QED) is 0.640. The molecule has 1 radical (unpaired) electrons. The van der Waals surface area contributed by atoms with Crippen LogP contribution < -0.4 is 11.5 Å². The van der Waals surface area contributed by atoms with Crippen LogP contribution in [0.5, 0.6) is 0 Å². The van der Waals surface area contributed by atoms with Gasteiger partial charge in [-0.2, -0.15) is 0 Å². The fourth-order valence-corrected chi connectivity index (χ4v) is 0.868. The summed E-state index contributed by atoms with van der Waals surface area (Å²) in [4.78, 5) is 0. The molecule has 0 amide bonds. The van der Waals surface area contributed by atoms with Crippen LogP contribution in [0.2, 0.25) is 0 Å². The first-order chi connectivity index (χ1) is 4.79. The smallest absolute Gasteiger partial charge is 0.0720 e. The van der Waals surface area contributed by atoms with Gasteiger partial charge in [0.05, 0.1) is 6.17 Å². The van der Waals surface area contributed by atoms with E-state index >= 15 is 0 Å². The Kier molecular flexibility index (Phi) is 2.42. The molecule has 0 aliphatic rings. The zero-order valence-corrected chi connectivity index (χ0v) is 5.75. The SMILES string of the molecule is [NH]C(N)Cc1ccccc1. The number of nitrogens with one attached hydrogen (secondary N) is 1. The Morgan fingerprint density at radius 2 is 1.90 bits per heavy atom. The first kappa shape index (κ1) is 7.25. The highest BCUT2D eigenvalue weighted by Gasteiger charge is 1.95. The Bertz CT molecular complexity index is 182. The molecule has 1 aromatic carbocycles. The summed E-state index contributed by atoms with van der Waals surface area (Å²) in [6, 6.07) is 9.83. The summed E-state index contributed by atoms with van der Waals surface area (Å²) in [5.74, 6) is 0. The van der Waals surface area contributed by atoms with Gasteiger partial charge in [0.25, 0.3) is 0 Å². The predicted molar refractivity (Wildman–Crippen MR) is 41.2 cm³/mol. The lowest BCUT2D eigenvalue weighted by molar-refractivity contribution is 0.681. The minimum absolute atomic E-state index is 0.484. The van der Waals surface area contributed by atoms with E-state index in [1.807, 2.05) is 30.3 Å². The summed E-state index contributed by atoms with van der Waals surface area (Å²) in [6.07, 6.45) is 0.156. The highest BCUT2D eigenvalue weighted by Crippen LogP contribution is 1.99. The van der Waals surface area contributed by atoms with Crippen LogP contribution in [0.4, 0.5) is 0 Å². The van der Waals surface area contributed by atoms with Gasteiger partial charge in [-0.05, 0) is 5.56 Å². The third-order valence-corrected chi connectivity index (χ3v) is 1.30. The van der Waals surface area contributed by atoms with E-state index in [9.17, 15) is 0 Å². The molecule has 1 unspecified atom stereocenters. The summed E-state index contributed by atoms with van der Waals surface area (Å²) in [5, 5.41) is 0. The molecule has 0 saturated carbocycles. The molecular formula is C8H11N2. The van der Waals surface area contributed by atoms with Crippen molar-refractivity contribution in [3.05, 3.63) is 35.9 Å². The van der Waals surface area contributed by atoms with Crippen LogP contribution in [0.1, 0.15) is 5.56 Å². The van der Waals surface area contributed by atoms with Gasteiger partial charge >= 0.3 is 0 Å². The normalized spacial score (nSPS) is 10.3. The van der Waals surface area contributed by atoms with Gasteiger partial charge in [-0.25, -0.2) is 5.73 Å². The Labute approximate surface area is 60.8 Å². The molecule has 10 heavy (non-hydrogen) atoms. The van der Waals surface area contributed by atoms with Crippen molar-refractivity contribution in [2.45, 2.75) is 12.6 Å². The Hall–Kier alpha value is -0.860. The first-order valence-corrected chi connectivity index (χ1v) is 3.29. The molecule has 0 aromatic heterocycles. The molecule has 0 bridgehead atoms. The number of hydrogen-bond acceptors (Lipinski definition) is 1. The molecule has 0 saturated heterocycles. The molecule has 1 rings (SSSR count). The molecule has 3 N–H and O–H groups in total. The first-order valence-electron chi connectivity index (χ1n) is 3.29. The van der Waals surface area contributed by atoms with Crippen molar-refractivity contribution in [2.24, 2.45) is 5.73 Å². The minimum Gasteiger partial charge on any atom is -0.315 e. The molecule has 1 aromatic rings. The molecule has 0 spiro atoms. The van der Waals surface area contributed by atoms with Crippen LogP contribution in [0.25, 0.3) is 0 Å². The molecule has 0 aliphatic carbocycles. The van der Waals surface area contributed by atoms with Crippen LogP contribution in [-0.4, -0.2) is 6.17 Å². The number of nitrogens with two attached hydrogens (primary N) is 1. The van der Waals surface area contributed by atoms with Crippen LogP contribution in [0.15, 0.2) is 30.3 Å². The van der Waals surface area contributed by atoms with Gasteiger partial charge in [0.1, 0.15) is 0 Å². The zero-order chi connectivity index (χ0) is 7.40. The Morgan fingerprint density at radius 1 is 1.30 bits per heavy atom. The predicted octanol–water partition coefficient (Wildman–Crippen LogP) is 0.797. The maximum Gasteiger partial charge on any atom is 0.0720 e. The Balaban J connectivity index is 2.59. The van der Waals surface area contributed by atoms with E-state index in [2.05, 4.69) is 0 Å². The van der Waals surface area contributed by atoms with Crippen LogP contribution in [0.3, 0.4) is 0 Å². The van der Waals surface area contributed by atoms with Crippen molar-refractivity contribution < 1.29 is 0 Å². The monoisotopic (exact) mass is 135 g/mol. The van der Waals surface area contributed by atoms with Gasteiger partial charge < -0.3 is 5.73 Å². The fraction of sp³-hybridized carbons (Fsp3) is 0.250. The van der Waals surface area contributed by atoms with Crippen LogP contribution in [0, 0.1) is 0 Å². The third kappa shape index (κ3) is 2.17. The van der Waals surface area contributed by atoms with E-state index in [1.165, 1.54) is 0 Å². The van der Waals surface area contributed by atoms with E-state index in [-0.39, 0.29) is 0 Å². The van der Waals surface area contributed by atoms with E-state index in [0.29, 0.717) is 6.42 Å². The lowest BCUT2D eigenvalue weighted by Gasteiger charge is -2.02. The van der Waals surface area contributed by atoms with E-state index in [0.717, 1.165) is 5.56 Å². The molecule has 1 atom stereocenters. The maximum absolute atomic E-state index is 7.09. The fourth-order valence-electron chi connectivity index (χ4n) is 0.868. The van der Waals surface area contributed by atoms with Gasteiger partial charge in [0.2, 0.25) is 0 Å². The van der Waals surface area contributed by atoms with E-state index < -0.39 is 6.17 Å². The number of rotatable bonds is 2. The summed E-state index contributed by atoms with van der Waals surface area (Å²) >= 11 is 0. The lowest BCUT2D eigenvalue weighted by Crippen LogP contribution is -2.23. The summed E-state index contributed by atoms with van der Waals surface area (Å²) in [7, 11) is 0. The topological polar surface area (TPSA) is 49.8 Å². The van der Waals surface area contributed by atoms with Crippen molar-refractivity contribution in [3.8, 4) is 0 Å². The van der Waals surface area contributed by atoms with E-state index in [1.54, 1.807) is 0 Å². The van der Waals surface area contributed by atoms with Crippen molar-refractivity contribution in [2.75, 3.05) is 0 Å². The lowest BCUT2D eigenvalue weighted by atomic mass is 10.1. The maximum atomic E-state index is 7.09. The van der Waals surface area contributed by atoms with E-state index in [4.69, 9.17) is 11.5 Å². The van der Waals surface area contributed by atoms with Crippen molar-refractivity contribution in [3.63, 3.8) is 0 Å². The molecular weight excluding hydrogens is 124 g/mol. The average molecular weight is 135 g/mol. The van der Waals surface area contributed by atoms with Crippen LogP contribution >= 0.6 is 0 Å². The van der Waals surface area contributed by atoms with Crippen molar-refractivity contribution in [1.29, 1.82) is 0 Å². The van der Waals surface area contributed by atoms with Gasteiger partial charge in [-0.15, -0.1) is 0 Å². The Morgan fingerprint density at radius 3 is 2.40 bits per heavy atom.